The van der Waals surface area contributed by atoms with Crippen LogP contribution in [0, 0.1) is 6.92 Å². The van der Waals surface area contributed by atoms with E-state index in [1.165, 1.54) is 12.0 Å². The zero-order valence-corrected chi connectivity index (χ0v) is 15.0. The smallest absolute Gasteiger partial charge is 0.244 e. The molecule has 1 saturated heterocycles. The lowest BCUT2D eigenvalue weighted by Crippen LogP contribution is -2.48. The predicted octanol–water partition coefficient (Wildman–Crippen LogP) is 2.25. The molecule has 0 unspecified atom stereocenters. The highest BCUT2D eigenvalue weighted by atomic mass is 16.2. The number of benzene rings is 1. The molecule has 2 aromatic rings. The van der Waals surface area contributed by atoms with E-state index in [9.17, 15) is 9.59 Å². The van der Waals surface area contributed by atoms with E-state index < -0.39 is 6.04 Å². The van der Waals surface area contributed by atoms with Crippen LogP contribution in [-0.2, 0) is 16.1 Å². The van der Waals surface area contributed by atoms with Crippen molar-refractivity contribution in [3.8, 4) is 0 Å². The predicted molar refractivity (Wildman–Crippen MR) is 97.1 cm³/mol. The molecule has 0 saturated carbocycles. The van der Waals surface area contributed by atoms with Crippen LogP contribution in [0.15, 0.2) is 24.4 Å². The number of carbonyl (C=O) groups excluding carboxylic acids is 2. The summed E-state index contributed by atoms with van der Waals surface area (Å²) in [4.78, 5) is 26.4. The monoisotopic (exact) mass is 342 g/mol. The summed E-state index contributed by atoms with van der Waals surface area (Å²) < 4.78 is 1.84. The molecule has 134 valence electrons. The Morgan fingerprint density at radius 1 is 1.24 bits per heavy atom. The van der Waals surface area contributed by atoms with E-state index in [1.54, 1.807) is 6.92 Å². The summed E-state index contributed by atoms with van der Waals surface area (Å²) in [6, 6.07) is 5.68. The average molecular weight is 342 g/mol. The van der Waals surface area contributed by atoms with Crippen molar-refractivity contribution >= 4 is 22.7 Å². The first-order valence-corrected chi connectivity index (χ1v) is 9.05. The molecule has 2 amide bonds. The van der Waals surface area contributed by atoms with Crippen LogP contribution < -0.4 is 5.32 Å². The Hall–Kier alpha value is -2.37. The molecule has 25 heavy (non-hydrogen) atoms. The minimum Gasteiger partial charge on any atom is -0.345 e. The SMILES string of the molecule is Cc1ccc2c(cnn2CCC(=O)N[C@@H](C)C(=O)N2CCCCC2)c1. The van der Waals surface area contributed by atoms with Crippen molar-refractivity contribution in [2.45, 2.75) is 52.1 Å². The molecule has 3 rings (SSSR count). The van der Waals surface area contributed by atoms with Crippen molar-refractivity contribution in [3.05, 3.63) is 30.0 Å². The fraction of sp³-hybridized carbons (Fsp3) is 0.526. The first-order chi connectivity index (χ1) is 12.0. The number of nitrogens with one attached hydrogen (secondary N) is 1. The maximum atomic E-state index is 12.4. The first-order valence-electron chi connectivity index (χ1n) is 9.05. The summed E-state index contributed by atoms with van der Waals surface area (Å²) in [5.74, 6) is -0.0957. The van der Waals surface area contributed by atoms with Crippen LogP contribution in [0.2, 0.25) is 0 Å². The highest BCUT2D eigenvalue weighted by Crippen LogP contribution is 2.15. The second-order valence-electron chi connectivity index (χ2n) is 6.86. The van der Waals surface area contributed by atoms with Gasteiger partial charge in [0.15, 0.2) is 0 Å². The average Bonchev–Trinajstić information content (AvgIpc) is 3.02. The Kier molecular flexibility index (Phi) is 5.36. The molecule has 0 radical (unpaired) electrons. The third kappa shape index (κ3) is 4.18. The van der Waals surface area contributed by atoms with Crippen LogP contribution in [0.25, 0.3) is 10.9 Å². The molecule has 1 aliphatic heterocycles. The number of amides is 2. The van der Waals surface area contributed by atoms with Crippen molar-refractivity contribution in [1.82, 2.24) is 20.0 Å². The lowest BCUT2D eigenvalue weighted by Gasteiger charge is -2.29. The second-order valence-corrected chi connectivity index (χ2v) is 6.86. The number of likely N-dealkylation sites (tertiary alicyclic amines) is 1. The number of aromatic nitrogens is 2. The van der Waals surface area contributed by atoms with Gasteiger partial charge >= 0.3 is 0 Å². The Bertz CT molecular complexity index is 762. The van der Waals surface area contributed by atoms with E-state index in [0.717, 1.165) is 36.8 Å². The van der Waals surface area contributed by atoms with Gasteiger partial charge in [-0.2, -0.15) is 5.10 Å². The van der Waals surface area contributed by atoms with Gasteiger partial charge in [0, 0.05) is 24.9 Å². The zero-order valence-electron chi connectivity index (χ0n) is 15.0. The molecule has 6 heteroatoms. The first kappa shape index (κ1) is 17.5. The van der Waals surface area contributed by atoms with Crippen LogP contribution >= 0.6 is 0 Å². The number of carbonyl (C=O) groups is 2. The number of nitrogens with zero attached hydrogens (tertiary/aromatic N) is 3. The van der Waals surface area contributed by atoms with E-state index >= 15 is 0 Å². The van der Waals surface area contributed by atoms with Crippen molar-refractivity contribution in [2.24, 2.45) is 0 Å². The summed E-state index contributed by atoms with van der Waals surface area (Å²) in [7, 11) is 0. The van der Waals surface area contributed by atoms with E-state index in [2.05, 4.69) is 16.5 Å². The van der Waals surface area contributed by atoms with Crippen molar-refractivity contribution < 1.29 is 9.59 Å². The van der Waals surface area contributed by atoms with Crippen molar-refractivity contribution in [1.29, 1.82) is 0 Å². The third-order valence-corrected chi connectivity index (χ3v) is 4.76. The maximum absolute atomic E-state index is 12.4. The lowest BCUT2D eigenvalue weighted by molar-refractivity contribution is -0.136. The highest BCUT2D eigenvalue weighted by molar-refractivity contribution is 5.87. The Morgan fingerprint density at radius 3 is 2.76 bits per heavy atom. The molecule has 1 atom stereocenters. The van der Waals surface area contributed by atoms with E-state index in [-0.39, 0.29) is 11.8 Å². The standard InChI is InChI=1S/C19H26N4O2/c1-14-6-7-17-16(12-14)13-20-23(17)11-8-18(24)21-15(2)19(25)22-9-4-3-5-10-22/h6-7,12-13,15H,3-5,8-11H2,1-2H3,(H,21,24)/t15-/m0/s1. The number of aryl methyl sites for hydroxylation is 2. The largest absolute Gasteiger partial charge is 0.345 e. The number of piperidine rings is 1. The van der Waals surface area contributed by atoms with Gasteiger partial charge in [-0.1, -0.05) is 11.6 Å². The molecule has 1 aromatic carbocycles. The molecular formula is C19H26N4O2. The number of fused-ring (bicyclic) bond motifs is 1. The van der Waals surface area contributed by atoms with Gasteiger partial charge in [0.1, 0.15) is 6.04 Å². The van der Waals surface area contributed by atoms with Crippen LogP contribution in [0.5, 0.6) is 0 Å². The van der Waals surface area contributed by atoms with Gasteiger partial charge in [-0.15, -0.1) is 0 Å². The summed E-state index contributed by atoms with van der Waals surface area (Å²) in [5, 5.41) is 8.26. The van der Waals surface area contributed by atoms with Gasteiger partial charge in [-0.3, -0.25) is 14.3 Å². The van der Waals surface area contributed by atoms with E-state index in [0.29, 0.717) is 13.0 Å². The number of hydrogen-bond acceptors (Lipinski definition) is 3. The van der Waals surface area contributed by atoms with Crippen molar-refractivity contribution in [2.75, 3.05) is 13.1 Å². The van der Waals surface area contributed by atoms with Gasteiger partial charge < -0.3 is 10.2 Å². The van der Waals surface area contributed by atoms with E-state index in [4.69, 9.17) is 0 Å². The van der Waals surface area contributed by atoms with E-state index in [1.807, 2.05) is 34.8 Å². The fourth-order valence-electron chi connectivity index (χ4n) is 3.36. The summed E-state index contributed by atoms with van der Waals surface area (Å²) >= 11 is 0. The van der Waals surface area contributed by atoms with Gasteiger partial charge in [-0.25, -0.2) is 0 Å². The molecule has 0 spiro atoms. The van der Waals surface area contributed by atoms with Crippen LogP contribution in [0.1, 0.15) is 38.2 Å². The number of rotatable bonds is 5. The van der Waals surface area contributed by atoms with Crippen LogP contribution in [0.4, 0.5) is 0 Å². The minimum absolute atomic E-state index is 0.0214. The lowest BCUT2D eigenvalue weighted by atomic mass is 10.1. The Labute approximate surface area is 148 Å². The van der Waals surface area contributed by atoms with Crippen LogP contribution in [0.3, 0.4) is 0 Å². The fourth-order valence-corrected chi connectivity index (χ4v) is 3.36. The molecule has 2 heterocycles. The minimum atomic E-state index is -0.470. The van der Waals surface area contributed by atoms with Crippen LogP contribution in [-0.4, -0.2) is 45.6 Å². The quantitative estimate of drug-likeness (QED) is 0.906. The molecule has 1 fully saturated rings. The Morgan fingerprint density at radius 2 is 2.00 bits per heavy atom. The topological polar surface area (TPSA) is 67.2 Å². The normalized spacial score (nSPS) is 16.0. The third-order valence-electron chi connectivity index (χ3n) is 4.76. The molecule has 0 aliphatic carbocycles. The molecule has 6 nitrogen and oxygen atoms in total. The maximum Gasteiger partial charge on any atom is 0.244 e. The van der Waals surface area contributed by atoms with Gasteiger partial charge in [0.2, 0.25) is 11.8 Å². The summed E-state index contributed by atoms with van der Waals surface area (Å²) in [6.45, 7) is 5.92. The van der Waals surface area contributed by atoms with Crippen molar-refractivity contribution in [3.63, 3.8) is 0 Å². The highest BCUT2D eigenvalue weighted by Gasteiger charge is 2.23. The van der Waals surface area contributed by atoms with Gasteiger partial charge in [0.25, 0.3) is 0 Å². The molecular weight excluding hydrogens is 316 g/mol. The molecule has 1 N–H and O–H groups in total. The Balaban J connectivity index is 1.52. The zero-order chi connectivity index (χ0) is 17.8. The molecule has 0 bridgehead atoms. The second kappa shape index (κ2) is 7.68. The molecule has 1 aromatic heterocycles. The number of hydrogen-bond donors (Lipinski definition) is 1. The summed E-state index contributed by atoms with van der Waals surface area (Å²) in [5.41, 5.74) is 2.21. The van der Waals surface area contributed by atoms with Gasteiger partial charge in [0.05, 0.1) is 18.3 Å². The summed E-state index contributed by atoms with van der Waals surface area (Å²) in [6.07, 6.45) is 5.42. The molecule has 1 aliphatic rings. The van der Waals surface area contributed by atoms with Gasteiger partial charge in [-0.05, 0) is 45.2 Å².